The molecule has 0 unspecified atom stereocenters. The molecule has 5 nitrogen and oxygen atoms in total. The summed E-state index contributed by atoms with van der Waals surface area (Å²) in [4.78, 5) is 17.0. The van der Waals surface area contributed by atoms with Crippen LogP contribution in [-0.2, 0) is 0 Å². The van der Waals surface area contributed by atoms with E-state index in [0.29, 0.717) is 18.8 Å². The van der Waals surface area contributed by atoms with Crippen LogP contribution < -0.4 is 4.74 Å². The quantitative estimate of drug-likeness (QED) is 0.883. The van der Waals surface area contributed by atoms with E-state index in [0.717, 1.165) is 19.6 Å². The van der Waals surface area contributed by atoms with E-state index in [2.05, 4.69) is 4.90 Å². The van der Waals surface area contributed by atoms with Gasteiger partial charge in [0.05, 0.1) is 12.7 Å². The number of piperidine rings is 1. The van der Waals surface area contributed by atoms with Gasteiger partial charge in [-0.3, -0.25) is 4.79 Å². The Morgan fingerprint density at radius 3 is 2.64 bits per heavy atom. The molecule has 0 saturated carbocycles. The lowest BCUT2D eigenvalue weighted by molar-refractivity contribution is 0.0774. The fourth-order valence-corrected chi connectivity index (χ4v) is 4.01. The first-order valence-corrected chi connectivity index (χ1v) is 9.08. The van der Waals surface area contributed by atoms with Crippen LogP contribution in [0.15, 0.2) is 18.2 Å². The Bertz CT molecular complexity index is 604. The molecule has 1 amide bonds. The molecular weight excluding hydrogens is 323 g/mol. The maximum Gasteiger partial charge on any atom is 0.257 e. The summed E-state index contributed by atoms with van der Waals surface area (Å²) in [5.74, 6) is 0.0336. The molecule has 1 aromatic carbocycles. The van der Waals surface area contributed by atoms with Gasteiger partial charge in [0, 0.05) is 32.2 Å². The number of nitrogens with zero attached hydrogens (tertiary/aromatic N) is 2. The summed E-state index contributed by atoms with van der Waals surface area (Å²) in [7, 11) is 1.48. The normalized spacial score (nSPS) is 24.5. The van der Waals surface area contributed by atoms with Crippen molar-refractivity contribution >= 4 is 5.91 Å². The Labute approximate surface area is 148 Å². The number of aliphatic hydroxyl groups excluding tert-OH is 1. The highest BCUT2D eigenvalue weighted by Gasteiger charge is 2.37. The first-order valence-electron chi connectivity index (χ1n) is 9.08. The molecule has 2 aliphatic rings. The highest BCUT2D eigenvalue weighted by Crippen LogP contribution is 2.29. The highest BCUT2D eigenvalue weighted by atomic mass is 19.1. The molecule has 3 rings (SSSR count). The predicted molar refractivity (Wildman–Crippen MR) is 93.2 cm³/mol. The van der Waals surface area contributed by atoms with Crippen LogP contribution in [-0.4, -0.2) is 67.3 Å². The van der Waals surface area contributed by atoms with E-state index in [9.17, 15) is 14.3 Å². The van der Waals surface area contributed by atoms with Crippen molar-refractivity contribution in [2.24, 2.45) is 11.8 Å². The summed E-state index contributed by atoms with van der Waals surface area (Å²) >= 11 is 0. The molecule has 2 saturated heterocycles. The van der Waals surface area contributed by atoms with Gasteiger partial charge in [0.2, 0.25) is 0 Å². The van der Waals surface area contributed by atoms with E-state index in [1.807, 2.05) is 0 Å². The van der Waals surface area contributed by atoms with E-state index < -0.39 is 5.82 Å². The number of rotatable bonds is 5. The monoisotopic (exact) mass is 350 g/mol. The smallest absolute Gasteiger partial charge is 0.257 e. The lowest BCUT2D eigenvalue weighted by atomic mass is 9.95. The molecule has 2 atom stereocenters. The predicted octanol–water partition coefficient (Wildman–Crippen LogP) is 2.00. The van der Waals surface area contributed by atoms with Gasteiger partial charge in [0.1, 0.15) is 11.6 Å². The molecule has 25 heavy (non-hydrogen) atoms. The number of ether oxygens (including phenoxy) is 1. The van der Waals surface area contributed by atoms with Crippen molar-refractivity contribution in [3.63, 3.8) is 0 Å². The Kier molecular flexibility index (Phi) is 5.91. The molecule has 0 aliphatic carbocycles. The van der Waals surface area contributed by atoms with Crippen molar-refractivity contribution in [2.75, 3.05) is 46.4 Å². The van der Waals surface area contributed by atoms with Gasteiger partial charge in [-0.1, -0.05) is 6.42 Å². The van der Waals surface area contributed by atoms with Crippen LogP contribution in [0, 0.1) is 17.7 Å². The summed E-state index contributed by atoms with van der Waals surface area (Å²) in [5.41, 5.74) is 0.248. The first kappa shape index (κ1) is 18.1. The van der Waals surface area contributed by atoms with Gasteiger partial charge < -0.3 is 19.6 Å². The zero-order valence-corrected chi connectivity index (χ0v) is 14.8. The van der Waals surface area contributed by atoms with Crippen molar-refractivity contribution in [1.82, 2.24) is 9.80 Å². The Hall–Kier alpha value is -1.66. The van der Waals surface area contributed by atoms with Crippen LogP contribution in [0.5, 0.6) is 5.75 Å². The maximum absolute atomic E-state index is 13.6. The van der Waals surface area contributed by atoms with Crippen molar-refractivity contribution in [2.45, 2.75) is 19.3 Å². The van der Waals surface area contributed by atoms with Crippen LogP contribution in [0.4, 0.5) is 4.39 Å². The lowest BCUT2D eigenvalue weighted by Gasteiger charge is -2.30. The summed E-state index contributed by atoms with van der Waals surface area (Å²) in [6, 6.07) is 4.00. The van der Waals surface area contributed by atoms with Crippen molar-refractivity contribution in [1.29, 1.82) is 0 Å². The average molecular weight is 350 g/mol. The van der Waals surface area contributed by atoms with E-state index >= 15 is 0 Å². The molecular formula is C19H27FN2O3. The van der Waals surface area contributed by atoms with Gasteiger partial charge in [-0.05, 0) is 50.0 Å². The molecule has 1 aromatic rings. The van der Waals surface area contributed by atoms with Crippen molar-refractivity contribution < 1.29 is 19.0 Å². The zero-order chi connectivity index (χ0) is 17.8. The van der Waals surface area contributed by atoms with Gasteiger partial charge >= 0.3 is 0 Å². The molecule has 2 heterocycles. The molecule has 0 bridgehead atoms. The zero-order valence-electron chi connectivity index (χ0n) is 14.8. The first-order chi connectivity index (χ1) is 12.1. The molecule has 0 aromatic heterocycles. The van der Waals surface area contributed by atoms with Gasteiger partial charge in [0.25, 0.3) is 5.91 Å². The number of hydrogen-bond donors (Lipinski definition) is 1. The fraction of sp³-hybridized carbons (Fsp3) is 0.632. The van der Waals surface area contributed by atoms with E-state index in [-0.39, 0.29) is 29.9 Å². The standard InChI is InChI=1S/C19H27FN2O3/c1-25-18-6-5-16(20)9-17(18)19(24)22-11-14(15(12-22)13-23)10-21-7-3-2-4-8-21/h5-6,9,14-15,23H,2-4,7-8,10-13H2,1H3/t14-,15-/m1/s1. The highest BCUT2D eigenvalue weighted by molar-refractivity contribution is 5.97. The maximum atomic E-state index is 13.6. The molecule has 138 valence electrons. The summed E-state index contributed by atoms with van der Waals surface area (Å²) in [6.07, 6.45) is 3.73. The number of aliphatic hydroxyl groups is 1. The molecule has 1 N–H and O–H groups in total. The van der Waals surface area contributed by atoms with Crippen LogP contribution in [0.2, 0.25) is 0 Å². The SMILES string of the molecule is COc1ccc(F)cc1C(=O)N1C[C@@H](CN2CCCCC2)[C@@H](CO)C1. The van der Waals surface area contributed by atoms with Gasteiger partial charge in [-0.15, -0.1) is 0 Å². The van der Waals surface area contributed by atoms with E-state index in [1.54, 1.807) is 4.90 Å². The van der Waals surface area contributed by atoms with Gasteiger partial charge in [0.15, 0.2) is 0 Å². The lowest BCUT2D eigenvalue weighted by Crippen LogP contribution is -2.37. The Morgan fingerprint density at radius 2 is 1.96 bits per heavy atom. The number of likely N-dealkylation sites (tertiary alicyclic amines) is 2. The van der Waals surface area contributed by atoms with Crippen LogP contribution in [0.25, 0.3) is 0 Å². The minimum Gasteiger partial charge on any atom is -0.496 e. The number of hydrogen-bond acceptors (Lipinski definition) is 4. The second kappa shape index (κ2) is 8.15. The van der Waals surface area contributed by atoms with Crippen LogP contribution in [0.1, 0.15) is 29.6 Å². The minimum atomic E-state index is -0.452. The molecule has 2 aliphatic heterocycles. The number of amides is 1. The van der Waals surface area contributed by atoms with Crippen LogP contribution >= 0.6 is 0 Å². The average Bonchev–Trinajstić information content (AvgIpc) is 3.04. The van der Waals surface area contributed by atoms with Gasteiger partial charge in [-0.25, -0.2) is 4.39 Å². The third-order valence-corrected chi connectivity index (χ3v) is 5.43. The second-order valence-corrected chi connectivity index (χ2v) is 7.12. The molecule has 0 radical (unpaired) electrons. The topological polar surface area (TPSA) is 53.0 Å². The van der Waals surface area contributed by atoms with E-state index in [4.69, 9.17) is 4.74 Å². The Morgan fingerprint density at radius 1 is 1.24 bits per heavy atom. The summed E-state index contributed by atoms with van der Waals surface area (Å²) in [6.45, 7) is 4.28. The molecule has 6 heteroatoms. The summed E-state index contributed by atoms with van der Waals surface area (Å²) in [5, 5.41) is 9.74. The second-order valence-electron chi connectivity index (χ2n) is 7.12. The van der Waals surface area contributed by atoms with E-state index in [1.165, 1.54) is 44.6 Å². The number of carbonyl (C=O) groups excluding carboxylic acids is 1. The van der Waals surface area contributed by atoms with Crippen molar-refractivity contribution in [3.05, 3.63) is 29.6 Å². The largest absolute Gasteiger partial charge is 0.496 e. The summed E-state index contributed by atoms with van der Waals surface area (Å²) < 4.78 is 18.8. The number of carbonyl (C=O) groups is 1. The number of benzene rings is 1. The Balaban J connectivity index is 1.70. The van der Waals surface area contributed by atoms with Crippen LogP contribution in [0.3, 0.4) is 0 Å². The third kappa shape index (κ3) is 4.12. The molecule has 2 fully saturated rings. The fourth-order valence-electron chi connectivity index (χ4n) is 4.01. The molecule has 0 spiro atoms. The van der Waals surface area contributed by atoms with Gasteiger partial charge in [-0.2, -0.15) is 0 Å². The minimum absolute atomic E-state index is 0.0720. The number of halogens is 1. The van der Waals surface area contributed by atoms with Crippen molar-refractivity contribution in [3.8, 4) is 5.75 Å². The third-order valence-electron chi connectivity index (χ3n) is 5.43. The number of methoxy groups -OCH3 is 1.